The highest BCUT2D eigenvalue weighted by molar-refractivity contribution is 7.18. The maximum atomic E-state index is 12.7. The average Bonchev–Trinajstić information content (AvgIpc) is 3.36. The summed E-state index contributed by atoms with van der Waals surface area (Å²) in [5.41, 5.74) is 1.84. The molecule has 2 heterocycles. The monoisotopic (exact) mass is 442 g/mol. The smallest absolute Gasteiger partial charge is 0.341 e. The number of rotatable bonds is 8. The van der Waals surface area contributed by atoms with Crippen LogP contribution in [-0.2, 0) is 22.4 Å². The van der Waals surface area contributed by atoms with Crippen LogP contribution in [0.4, 0.5) is 5.00 Å². The topological polar surface area (TPSA) is 84.5 Å². The molecule has 0 aliphatic rings. The zero-order valence-corrected chi connectivity index (χ0v) is 18.3. The van der Waals surface area contributed by atoms with E-state index in [1.54, 1.807) is 6.92 Å². The second-order valence-corrected chi connectivity index (χ2v) is 8.60. The Morgan fingerprint density at radius 2 is 1.83 bits per heavy atom. The normalized spacial score (nSPS) is 10.5. The lowest BCUT2D eigenvalue weighted by Crippen LogP contribution is -2.25. The minimum absolute atomic E-state index is 0.202. The third-order valence-corrected chi connectivity index (χ3v) is 6.53. The highest BCUT2D eigenvalue weighted by atomic mass is 32.1. The highest BCUT2D eigenvalue weighted by Gasteiger charge is 2.26. The number of thiophene rings is 2. The zero-order valence-electron chi connectivity index (χ0n) is 16.7. The van der Waals surface area contributed by atoms with Gasteiger partial charge in [-0.3, -0.25) is 9.59 Å². The van der Waals surface area contributed by atoms with Gasteiger partial charge in [0.25, 0.3) is 5.91 Å². The molecule has 0 saturated carbocycles. The van der Waals surface area contributed by atoms with E-state index in [1.807, 2.05) is 47.8 Å². The number of ether oxygens (including phenoxy) is 1. The Balaban J connectivity index is 1.73. The maximum absolute atomic E-state index is 12.7. The van der Waals surface area contributed by atoms with Crippen molar-refractivity contribution in [3.8, 4) is 0 Å². The van der Waals surface area contributed by atoms with Gasteiger partial charge in [-0.05, 0) is 35.9 Å². The fraction of sp³-hybridized carbons (Fsp3) is 0.227. The number of carbonyl (C=O) groups excluding carboxylic acids is 3. The van der Waals surface area contributed by atoms with Gasteiger partial charge < -0.3 is 15.4 Å². The van der Waals surface area contributed by atoms with Crippen molar-refractivity contribution in [2.24, 2.45) is 0 Å². The van der Waals surface area contributed by atoms with Crippen LogP contribution in [0, 0.1) is 6.92 Å². The van der Waals surface area contributed by atoms with Crippen molar-refractivity contribution in [2.45, 2.75) is 19.8 Å². The van der Waals surface area contributed by atoms with E-state index in [4.69, 9.17) is 4.74 Å². The van der Waals surface area contributed by atoms with Gasteiger partial charge >= 0.3 is 5.97 Å². The number of hydrogen-bond acceptors (Lipinski definition) is 6. The van der Waals surface area contributed by atoms with Crippen LogP contribution in [-0.4, -0.2) is 31.4 Å². The van der Waals surface area contributed by atoms with E-state index in [0.29, 0.717) is 28.4 Å². The second-order valence-electron chi connectivity index (χ2n) is 6.55. The predicted octanol–water partition coefficient (Wildman–Crippen LogP) is 4.06. The van der Waals surface area contributed by atoms with E-state index in [0.717, 1.165) is 21.8 Å². The summed E-state index contributed by atoms with van der Waals surface area (Å²) in [5.74, 6) is -1.12. The van der Waals surface area contributed by atoms with Gasteiger partial charge in [0.15, 0.2) is 0 Å². The van der Waals surface area contributed by atoms with E-state index in [1.165, 1.54) is 18.4 Å². The van der Waals surface area contributed by atoms with Gasteiger partial charge in [0.05, 0.1) is 24.0 Å². The Morgan fingerprint density at radius 1 is 1.07 bits per heavy atom. The summed E-state index contributed by atoms with van der Waals surface area (Å²) in [7, 11) is 1.27. The molecule has 0 unspecified atom stereocenters. The molecule has 0 fully saturated rings. The van der Waals surface area contributed by atoms with Crippen molar-refractivity contribution in [3.63, 3.8) is 0 Å². The first-order chi connectivity index (χ1) is 14.5. The minimum atomic E-state index is -0.585. The van der Waals surface area contributed by atoms with Gasteiger partial charge in [0, 0.05) is 11.4 Å². The summed E-state index contributed by atoms with van der Waals surface area (Å²) < 4.78 is 4.86. The first-order valence-corrected chi connectivity index (χ1v) is 11.0. The quantitative estimate of drug-likeness (QED) is 0.515. The lowest BCUT2D eigenvalue weighted by molar-refractivity contribution is -0.115. The standard InChI is InChI=1S/C22H22N2O4S2/c1-14-18(22(27)28-2)21(24-17(25)13-16-9-6-12-29-16)30-19(14)20(26)23-11-10-15-7-4-3-5-8-15/h3-9,12H,10-11,13H2,1-2H3,(H,23,26)(H,24,25). The van der Waals surface area contributed by atoms with Crippen molar-refractivity contribution in [1.29, 1.82) is 0 Å². The Hall–Kier alpha value is -2.97. The van der Waals surface area contributed by atoms with Crippen molar-refractivity contribution in [3.05, 3.63) is 74.3 Å². The molecular weight excluding hydrogens is 420 g/mol. The summed E-state index contributed by atoms with van der Waals surface area (Å²) in [4.78, 5) is 38.7. The van der Waals surface area contributed by atoms with Crippen LogP contribution >= 0.6 is 22.7 Å². The van der Waals surface area contributed by atoms with Gasteiger partial charge in [0.1, 0.15) is 5.00 Å². The fourth-order valence-electron chi connectivity index (χ4n) is 2.95. The Morgan fingerprint density at radius 3 is 2.50 bits per heavy atom. The highest BCUT2D eigenvalue weighted by Crippen LogP contribution is 2.34. The van der Waals surface area contributed by atoms with E-state index < -0.39 is 5.97 Å². The summed E-state index contributed by atoms with van der Waals surface area (Å²) in [6, 6.07) is 13.6. The molecule has 2 aromatic heterocycles. The van der Waals surface area contributed by atoms with Crippen LogP contribution < -0.4 is 10.6 Å². The molecule has 30 heavy (non-hydrogen) atoms. The molecular formula is C22H22N2O4S2. The van der Waals surface area contributed by atoms with Gasteiger partial charge in [-0.25, -0.2) is 4.79 Å². The van der Waals surface area contributed by atoms with Crippen LogP contribution in [0.25, 0.3) is 0 Å². The lowest BCUT2D eigenvalue weighted by Gasteiger charge is -2.05. The molecule has 0 aliphatic carbocycles. The number of carbonyl (C=O) groups is 3. The van der Waals surface area contributed by atoms with Gasteiger partial charge in [-0.1, -0.05) is 36.4 Å². The molecule has 3 rings (SSSR count). The first-order valence-electron chi connectivity index (χ1n) is 9.35. The molecule has 0 saturated heterocycles. The van der Waals surface area contributed by atoms with Crippen molar-refractivity contribution < 1.29 is 19.1 Å². The molecule has 0 atom stereocenters. The third-order valence-electron chi connectivity index (χ3n) is 4.45. The molecule has 2 amide bonds. The van der Waals surface area contributed by atoms with E-state index >= 15 is 0 Å². The summed E-state index contributed by atoms with van der Waals surface area (Å²) in [5, 5.41) is 7.88. The SMILES string of the molecule is COC(=O)c1c(NC(=O)Cc2cccs2)sc(C(=O)NCCc2ccccc2)c1C. The van der Waals surface area contributed by atoms with E-state index in [2.05, 4.69) is 10.6 Å². The molecule has 0 aliphatic heterocycles. The van der Waals surface area contributed by atoms with Crippen LogP contribution in [0.15, 0.2) is 47.8 Å². The Kier molecular flexibility index (Phi) is 7.37. The summed E-state index contributed by atoms with van der Waals surface area (Å²) in [6.07, 6.45) is 0.902. The van der Waals surface area contributed by atoms with Gasteiger partial charge in [-0.15, -0.1) is 22.7 Å². The lowest BCUT2D eigenvalue weighted by atomic mass is 10.1. The zero-order chi connectivity index (χ0) is 21.5. The average molecular weight is 443 g/mol. The Labute approximate surface area is 182 Å². The fourth-order valence-corrected chi connectivity index (χ4v) is 4.78. The van der Waals surface area contributed by atoms with Crippen LogP contribution in [0.5, 0.6) is 0 Å². The number of nitrogens with one attached hydrogen (secondary N) is 2. The first kappa shape index (κ1) is 21.7. The predicted molar refractivity (Wildman–Crippen MR) is 120 cm³/mol. The summed E-state index contributed by atoms with van der Waals surface area (Å²) in [6.45, 7) is 2.15. The second kappa shape index (κ2) is 10.2. The van der Waals surface area contributed by atoms with Crippen molar-refractivity contribution >= 4 is 45.5 Å². The molecule has 1 aromatic carbocycles. The van der Waals surface area contributed by atoms with Crippen LogP contribution in [0.1, 0.15) is 36.0 Å². The number of hydrogen-bond donors (Lipinski definition) is 2. The number of anilines is 1. The largest absolute Gasteiger partial charge is 0.465 e. The maximum Gasteiger partial charge on any atom is 0.341 e. The molecule has 156 valence electrons. The molecule has 0 bridgehead atoms. The van der Waals surface area contributed by atoms with Crippen molar-refractivity contribution in [2.75, 3.05) is 19.0 Å². The van der Waals surface area contributed by atoms with Crippen molar-refractivity contribution in [1.82, 2.24) is 5.32 Å². The molecule has 3 aromatic rings. The summed E-state index contributed by atoms with van der Waals surface area (Å²) >= 11 is 2.57. The Bertz CT molecular complexity index is 1030. The van der Waals surface area contributed by atoms with E-state index in [-0.39, 0.29) is 23.8 Å². The van der Waals surface area contributed by atoms with Crippen LogP contribution in [0.3, 0.4) is 0 Å². The van der Waals surface area contributed by atoms with E-state index in [9.17, 15) is 14.4 Å². The molecule has 8 heteroatoms. The number of methoxy groups -OCH3 is 1. The molecule has 0 spiro atoms. The third kappa shape index (κ3) is 5.34. The van der Waals surface area contributed by atoms with Gasteiger partial charge in [0.2, 0.25) is 5.91 Å². The van der Waals surface area contributed by atoms with Crippen LogP contribution in [0.2, 0.25) is 0 Å². The number of benzene rings is 1. The molecule has 6 nitrogen and oxygen atoms in total. The number of amides is 2. The van der Waals surface area contributed by atoms with Gasteiger partial charge in [-0.2, -0.15) is 0 Å². The molecule has 0 radical (unpaired) electrons. The minimum Gasteiger partial charge on any atom is -0.465 e. The molecule has 2 N–H and O–H groups in total. The number of esters is 1.